The van der Waals surface area contributed by atoms with Gasteiger partial charge in [-0.25, -0.2) is 0 Å². The number of anilines is 1. The van der Waals surface area contributed by atoms with Crippen LogP contribution in [0.2, 0.25) is 0 Å². The quantitative estimate of drug-likeness (QED) is 0.381. The average Bonchev–Trinajstić information content (AvgIpc) is 3.08. The lowest BCUT2D eigenvalue weighted by Gasteiger charge is -2.12. The number of amides is 1. The van der Waals surface area contributed by atoms with Crippen LogP contribution >= 0.6 is 0 Å². The van der Waals surface area contributed by atoms with Crippen LogP contribution in [-0.4, -0.2) is 30.2 Å². The molecule has 0 aliphatic carbocycles. The molecule has 1 aromatic heterocycles. The van der Waals surface area contributed by atoms with Crippen molar-refractivity contribution in [1.82, 2.24) is 9.88 Å². The number of carbonyl (C=O) groups excluding carboxylic acids is 1. The Hall–Kier alpha value is -3.47. The van der Waals surface area contributed by atoms with Crippen LogP contribution in [0.25, 0.3) is 21.7 Å². The maximum Gasteiger partial charge on any atom is 0.268 e. The maximum absolute atomic E-state index is 13.1. The predicted molar refractivity (Wildman–Crippen MR) is 128 cm³/mol. The van der Waals surface area contributed by atoms with Crippen LogP contribution in [-0.2, 0) is 6.54 Å². The summed E-state index contributed by atoms with van der Waals surface area (Å²) < 4.78 is 7.72. The number of carbonyl (C=O) groups is 1. The van der Waals surface area contributed by atoms with Gasteiger partial charge in [-0.2, -0.15) is 0 Å². The first kappa shape index (κ1) is 20.8. The lowest BCUT2D eigenvalue weighted by Crippen LogP contribution is -2.30. The Balaban J connectivity index is 1.47. The van der Waals surface area contributed by atoms with E-state index in [1.165, 1.54) is 10.8 Å². The van der Waals surface area contributed by atoms with E-state index in [4.69, 9.17) is 4.74 Å². The van der Waals surface area contributed by atoms with E-state index in [0.29, 0.717) is 19.7 Å². The first-order valence-electron chi connectivity index (χ1n) is 10.9. The number of benzene rings is 3. The normalized spacial score (nSPS) is 11.1. The highest BCUT2D eigenvalue weighted by Gasteiger charge is 2.19. The van der Waals surface area contributed by atoms with Gasteiger partial charge in [0.2, 0.25) is 0 Å². The van der Waals surface area contributed by atoms with Crippen molar-refractivity contribution in [3.05, 3.63) is 71.9 Å². The van der Waals surface area contributed by atoms with Crippen molar-refractivity contribution in [3.63, 3.8) is 0 Å². The molecular weight excluding hydrogens is 386 g/mol. The van der Waals surface area contributed by atoms with Crippen molar-refractivity contribution in [1.29, 1.82) is 0 Å². The third kappa shape index (κ3) is 4.08. The monoisotopic (exact) mass is 415 g/mol. The first-order valence-corrected chi connectivity index (χ1v) is 10.9. The van der Waals surface area contributed by atoms with Crippen LogP contribution in [0.4, 0.5) is 5.69 Å². The zero-order valence-electron chi connectivity index (χ0n) is 18.4. The molecule has 5 heteroatoms. The predicted octanol–water partition coefficient (Wildman–Crippen LogP) is 5.36. The van der Waals surface area contributed by atoms with Gasteiger partial charge in [0.1, 0.15) is 11.4 Å². The summed E-state index contributed by atoms with van der Waals surface area (Å²) in [5.41, 5.74) is 3.84. The molecule has 1 amide bonds. The molecule has 31 heavy (non-hydrogen) atoms. The van der Waals surface area contributed by atoms with Crippen molar-refractivity contribution in [3.8, 4) is 5.75 Å². The summed E-state index contributed by atoms with van der Waals surface area (Å²) in [6, 6.07) is 20.5. The van der Waals surface area contributed by atoms with Gasteiger partial charge in [-0.3, -0.25) is 4.79 Å². The molecule has 0 fully saturated rings. The number of aryl methyl sites for hydroxylation is 2. The topological polar surface area (TPSA) is 55.3 Å². The van der Waals surface area contributed by atoms with E-state index in [1.807, 2.05) is 50.2 Å². The number of aromatic nitrogens is 1. The minimum Gasteiger partial charge on any atom is -0.494 e. The van der Waals surface area contributed by atoms with Crippen molar-refractivity contribution in [2.45, 2.75) is 27.3 Å². The number of hydrogen-bond acceptors (Lipinski definition) is 3. The standard InChI is InChI=1S/C26H29N3O2/c1-4-29-24-14-13-20(31-5-2)17-22(24)18(3)25(29)26(30)28-16-15-27-23-12-8-10-19-9-6-7-11-21(19)23/h6-14,17,27H,4-5,15-16H2,1-3H3,(H,28,30). The summed E-state index contributed by atoms with van der Waals surface area (Å²) >= 11 is 0. The Bertz CT molecular complexity index is 1220. The number of hydrogen-bond donors (Lipinski definition) is 2. The van der Waals surface area contributed by atoms with Crippen LogP contribution < -0.4 is 15.4 Å². The third-order valence-corrected chi connectivity index (χ3v) is 5.65. The summed E-state index contributed by atoms with van der Waals surface area (Å²) in [5, 5.41) is 9.97. The number of rotatable bonds is 8. The highest BCUT2D eigenvalue weighted by Crippen LogP contribution is 2.29. The molecule has 0 spiro atoms. The third-order valence-electron chi connectivity index (χ3n) is 5.65. The molecule has 0 saturated heterocycles. The lowest BCUT2D eigenvalue weighted by atomic mass is 10.1. The van der Waals surface area contributed by atoms with Gasteiger partial charge >= 0.3 is 0 Å². The fourth-order valence-corrected chi connectivity index (χ4v) is 4.22. The number of nitrogens with one attached hydrogen (secondary N) is 2. The van der Waals surface area contributed by atoms with Crippen LogP contribution in [0.3, 0.4) is 0 Å². The van der Waals surface area contributed by atoms with Crippen LogP contribution in [0.5, 0.6) is 5.75 Å². The van der Waals surface area contributed by atoms with Gasteiger partial charge in [0.05, 0.1) is 6.61 Å². The second kappa shape index (κ2) is 9.13. The second-order valence-electron chi connectivity index (χ2n) is 7.54. The van der Waals surface area contributed by atoms with Crippen LogP contribution in [0, 0.1) is 6.92 Å². The molecule has 5 nitrogen and oxygen atoms in total. The maximum atomic E-state index is 13.1. The smallest absolute Gasteiger partial charge is 0.268 e. The lowest BCUT2D eigenvalue weighted by molar-refractivity contribution is 0.0946. The SMILES string of the molecule is CCOc1ccc2c(c1)c(C)c(C(=O)NCCNc1cccc3ccccc13)n2CC. The molecule has 160 valence electrons. The Morgan fingerprint density at radius 1 is 0.968 bits per heavy atom. The molecule has 0 atom stereocenters. The molecule has 2 N–H and O–H groups in total. The van der Waals surface area contributed by atoms with Gasteiger partial charge in [0.25, 0.3) is 5.91 Å². The molecule has 0 saturated carbocycles. The molecular formula is C26H29N3O2. The zero-order chi connectivity index (χ0) is 21.8. The van der Waals surface area contributed by atoms with E-state index in [9.17, 15) is 4.79 Å². The average molecular weight is 416 g/mol. The molecule has 0 aliphatic heterocycles. The highest BCUT2D eigenvalue weighted by molar-refractivity contribution is 6.02. The van der Waals surface area contributed by atoms with E-state index < -0.39 is 0 Å². The molecule has 0 aliphatic rings. The van der Waals surface area contributed by atoms with Gasteiger partial charge in [0, 0.05) is 41.6 Å². The summed E-state index contributed by atoms with van der Waals surface area (Å²) in [7, 11) is 0. The Labute approximate surface area is 183 Å². The minimum atomic E-state index is -0.0479. The van der Waals surface area contributed by atoms with Gasteiger partial charge in [-0.1, -0.05) is 36.4 Å². The van der Waals surface area contributed by atoms with Crippen molar-refractivity contribution in [2.75, 3.05) is 25.0 Å². The van der Waals surface area contributed by atoms with Crippen molar-refractivity contribution < 1.29 is 9.53 Å². The summed E-state index contributed by atoms with van der Waals surface area (Å²) in [4.78, 5) is 13.1. The van der Waals surface area contributed by atoms with Gasteiger partial charge < -0.3 is 19.9 Å². The summed E-state index contributed by atoms with van der Waals surface area (Å²) in [6.45, 7) is 8.59. The minimum absolute atomic E-state index is 0.0479. The highest BCUT2D eigenvalue weighted by atomic mass is 16.5. The molecule has 0 bridgehead atoms. The van der Waals surface area contributed by atoms with E-state index in [-0.39, 0.29) is 5.91 Å². The van der Waals surface area contributed by atoms with Crippen LogP contribution in [0.1, 0.15) is 29.9 Å². The summed E-state index contributed by atoms with van der Waals surface area (Å²) in [6.07, 6.45) is 0. The van der Waals surface area contributed by atoms with Gasteiger partial charge in [-0.15, -0.1) is 0 Å². The van der Waals surface area contributed by atoms with Gasteiger partial charge in [-0.05, 0) is 56.0 Å². The van der Waals surface area contributed by atoms with Crippen molar-refractivity contribution >= 4 is 33.3 Å². The number of fused-ring (bicyclic) bond motifs is 2. The van der Waals surface area contributed by atoms with Gasteiger partial charge in [0.15, 0.2) is 0 Å². The van der Waals surface area contributed by atoms with Crippen LogP contribution in [0.15, 0.2) is 60.7 Å². The molecule has 4 rings (SSSR count). The first-order chi connectivity index (χ1) is 15.1. The second-order valence-corrected chi connectivity index (χ2v) is 7.54. The molecule has 0 unspecified atom stereocenters. The zero-order valence-corrected chi connectivity index (χ0v) is 18.4. The van der Waals surface area contributed by atoms with E-state index in [0.717, 1.165) is 40.1 Å². The Morgan fingerprint density at radius 2 is 1.77 bits per heavy atom. The fourth-order valence-electron chi connectivity index (χ4n) is 4.22. The van der Waals surface area contributed by atoms with E-state index in [1.54, 1.807) is 0 Å². The largest absolute Gasteiger partial charge is 0.494 e. The van der Waals surface area contributed by atoms with E-state index >= 15 is 0 Å². The van der Waals surface area contributed by atoms with E-state index in [2.05, 4.69) is 46.4 Å². The molecule has 1 heterocycles. The Kier molecular flexibility index (Phi) is 6.12. The molecule has 4 aromatic rings. The number of nitrogens with zero attached hydrogens (tertiary/aromatic N) is 1. The molecule has 3 aromatic carbocycles. The Morgan fingerprint density at radius 3 is 2.58 bits per heavy atom. The molecule has 0 radical (unpaired) electrons. The fraction of sp³-hybridized carbons (Fsp3) is 0.269. The summed E-state index contributed by atoms with van der Waals surface area (Å²) in [5.74, 6) is 0.783. The number of ether oxygens (including phenoxy) is 1. The van der Waals surface area contributed by atoms with Crippen molar-refractivity contribution in [2.24, 2.45) is 0 Å².